The topological polar surface area (TPSA) is 73.7 Å². The summed E-state index contributed by atoms with van der Waals surface area (Å²) in [6, 6.07) is 21.3. The Labute approximate surface area is 175 Å². The number of likely N-dealkylation sites (tertiary alicyclic amines) is 1. The standard InChI is InChI=1S/C24H23N3O3/c1-26(20-11-5-9-18(13-20)19-10-6-12-25-14-19)23(28)22-16-27(24(29)30)15-21(22)17-7-3-2-4-8-17/h2-14,21-22H,15-16H2,1H3,(H,29,30). The maximum Gasteiger partial charge on any atom is 0.407 e. The molecule has 6 nitrogen and oxygen atoms in total. The van der Waals surface area contributed by atoms with Crippen LogP contribution in [0.1, 0.15) is 11.5 Å². The molecule has 0 spiro atoms. The fraction of sp³-hybridized carbons (Fsp3) is 0.208. The van der Waals surface area contributed by atoms with Crippen LogP contribution < -0.4 is 4.90 Å². The highest BCUT2D eigenvalue weighted by atomic mass is 16.4. The Morgan fingerprint density at radius 2 is 1.77 bits per heavy atom. The fourth-order valence-electron chi connectivity index (χ4n) is 4.05. The third kappa shape index (κ3) is 3.89. The molecule has 4 rings (SSSR count). The van der Waals surface area contributed by atoms with E-state index in [9.17, 15) is 14.7 Å². The summed E-state index contributed by atoms with van der Waals surface area (Å²) in [4.78, 5) is 32.1. The molecule has 2 heterocycles. The van der Waals surface area contributed by atoms with Crippen LogP contribution in [0.2, 0.25) is 0 Å². The number of nitrogens with zero attached hydrogens (tertiary/aromatic N) is 3. The minimum atomic E-state index is -0.993. The third-order valence-electron chi connectivity index (χ3n) is 5.69. The fourth-order valence-corrected chi connectivity index (χ4v) is 4.05. The maximum atomic E-state index is 13.4. The number of aromatic nitrogens is 1. The number of anilines is 1. The van der Waals surface area contributed by atoms with Gasteiger partial charge in [-0.1, -0.05) is 48.5 Å². The van der Waals surface area contributed by atoms with Crippen LogP contribution in [0.3, 0.4) is 0 Å². The van der Waals surface area contributed by atoms with E-state index in [0.717, 1.165) is 22.4 Å². The Morgan fingerprint density at radius 3 is 2.47 bits per heavy atom. The number of rotatable bonds is 4. The zero-order valence-corrected chi connectivity index (χ0v) is 16.7. The van der Waals surface area contributed by atoms with Crippen molar-refractivity contribution >= 4 is 17.7 Å². The van der Waals surface area contributed by atoms with E-state index in [1.165, 1.54) is 4.90 Å². The molecule has 1 aliphatic rings. The molecular formula is C24H23N3O3. The average Bonchev–Trinajstić information content (AvgIpc) is 3.25. The van der Waals surface area contributed by atoms with Gasteiger partial charge in [-0.3, -0.25) is 9.78 Å². The number of carboxylic acid groups (broad SMARTS) is 1. The van der Waals surface area contributed by atoms with Gasteiger partial charge < -0.3 is 14.9 Å². The number of benzene rings is 2. The summed E-state index contributed by atoms with van der Waals surface area (Å²) in [6.45, 7) is 0.514. The van der Waals surface area contributed by atoms with Crippen molar-refractivity contribution in [2.24, 2.45) is 5.92 Å². The van der Waals surface area contributed by atoms with Gasteiger partial charge in [0.2, 0.25) is 5.91 Å². The first-order valence-corrected chi connectivity index (χ1v) is 9.85. The molecule has 0 radical (unpaired) electrons. The number of amides is 2. The van der Waals surface area contributed by atoms with Crippen LogP contribution in [0.5, 0.6) is 0 Å². The lowest BCUT2D eigenvalue weighted by Gasteiger charge is -2.25. The molecule has 1 saturated heterocycles. The van der Waals surface area contributed by atoms with Gasteiger partial charge in [0, 0.05) is 49.7 Å². The molecule has 30 heavy (non-hydrogen) atoms. The van der Waals surface area contributed by atoms with Gasteiger partial charge in [0.15, 0.2) is 0 Å². The minimum Gasteiger partial charge on any atom is -0.465 e. The van der Waals surface area contributed by atoms with Gasteiger partial charge >= 0.3 is 6.09 Å². The second-order valence-corrected chi connectivity index (χ2v) is 7.50. The first-order chi connectivity index (χ1) is 14.5. The summed E-state index contributed by atoms with van der Waals surface area (Å²) >= 11 is 0. The SMILES string of the molecule is CN(C(=O)C1CN(C(=O)O)CC1c1ccccc1)c1cccc(-c2cccnc2)c1. The van der Waals surface area contributed by atoms with Crippen LogP contribution >= 0.6 is 0 Å². The monoisotopic (exact) mass is 401 g/mol. The lowest BCUT2D eigenvalue weighted by molar-refractivity contribution is -0.122. The van der Waals surface area contributed by atoms with E-state index in [1.54, 1.807) is 24.3 Å². The molecule has 152 valence electrons. The average molecular weight is 401 g/mol. The van der Waals surface area contributed by atoms with Crippen molar-refractivity contribution in [2.45, 2.75) is 5.92 Å². The van der Waals surface area contributed by atoms with Crippen molar-refractivity contribution in [1.82, 2.24) is 9.88 Å². The van der Waals surface area contributed by atoms with E-state index in [0.29, 0.717) is 6.54 Å². The molecule has 2 atom stereocenters. The molecule has 1 fully saturated rings. The Morgan fingerprint density at radius 1 is 1.00 bits per heavy atom. The molecule has 1 aromatic heterocycles. The van der Waals surface area contributed by atoms with Crippen LogP contribution in [0.25, 0.3) is 11.1 Å². The minimum absolute atomic E-state index is 0.0871. The zero-order chi connectivity index (χ0) is 21.1. The Balaban J connectivity index is 1.61. The van der Waals surface area contributed by atoms with E-state index in [1.807, 2.05) is 66.7 Å². The van der Waals surface area contributed by atoms with Crippen LogP contribution in [0.4, 0.5) is 10.5 Å². The van der Waals surface area contributed by atoms with E-state index < -0.39 is 12.0 Å². The lowest BCUT2D eigenvalue weighted by Crippen LogP contribution is -2.37. The molecule has 2 amide bonds. The zero-order valence-electron chi connectivity index (χ0n) is 16.7. The summed E-state index contributed by atoms with van der Waals surface area (Å²) in [5.74, 6) is -0.690. The van der Waals surface area contributed by atoms with Crippen LogP contribution in [-0.4, -0.2) is 47.1 Å². The van der Waals surface area contributed by atoms with Crippen molar-refractivity contribution in [3.8, 4) is 11.1 Å². The lowest BCUT2D eigenvalue weighted by atomic mass is 9.88. The molecule has 0 bridgehead atoms. The van der Waals surface area contributed by atoms with E-state index in [-0.39, 0.29) is 18.4 Å². The summed E-state index contributed by atoms with van der Waals surface area (Å²) in [6.07, 6.45) is 2.52. The molecule has 1 N–H and O–H groups in total. The summed E-state index contributed by atoms with van der Waals surface area (Å²) in [7, 11) is 1.75. The van der Waals surface area contributed by atoms with E-state index in [4.69, 9.17) is 0 Å². The van der Waals surface area contributed by atoms with E-state index >= 15 is 0 Å². The molecule has 1 aliphatic heterocycles. The summed E-state index contributed by atoms with van der Waals surface area (Å²) < 4.78 is 0. The number of hydrogen-bond donors (Lipinski definition) is 1. The van der Waals surface area contributed by atoms with Gasteiger partial charge in [-0.05, 0) is 29.3 Å². The second kappa shape index (κ2) is 8.37. The normalized spacial score (nSPS) is 18.2. The molecular weight excluding hydrogens is 378 g/mol. The maximum absolute atomic E-state index is 13.4. The highest BCUT2D eigenvalue weighted by Crippen LogP contribution is 2.35. The van der Waals surface area contributed by atoms with Crippen molar-refractivity contribution < 1.29 is 14.7 Å². The summed E-state index contributed by atoms with van der Waals surface area (Å²) in [5, 5.41) is 9.49. The Hall–Kier alpha value is -3.67. The molecule has 0 saturated carbocycles. The highest BCUT2D eigenvalue weighted by molar-refractivity contribution is 5.96. The van der Waals surface area contributed by atoms with E-state index in [2.05, 4.69) is 4.98 Å². The molecule has 6 heteroatoms. The van der Waals surface area contributed by atoms with Gasteiger partial charge in [-0.15, -0.1) is 0 Å². The Kier molecular flexibility index (Phi) is 5.48. The molecule has 2 unspecified atom stereocenters. The first-order valence-electron chi connectivity index (χ1n) is 9.85. The highest BCUT2D eigenvalue weighted by Gasteiger charge is 2.41. The van der Waals surface area contributed by atoms with Crippen LogP contribution in [0.15, 0.2) is 79.1 Å². The quantitative estimate of drug-likeness (QED) is 0.714. The van der Waals surface area contributed by atoms with Gasteiger partial charge in [-0.25, -0.2) is 4.79 Å². The largest absolute Gasteiger partial charge is 0.465 e. The second-order valence-electron chi connectivity index (χ2n) is 7.50. The molecule has 3 aromatic rings. The van der Waals surface area contributed by atoms with Crippen LogP contribution in [0, 0.1) is 5.92 Å². The number of carbonyl (C=O) groups excluding carboxylic acids is 1. The predicted molar refractivity (Wildman–Crippen MR) is 115 cm³/mol. The van der Waals surface area contributed by atoms with Crippen molar-refractivity contribution in [2.75, 3.05) is 25.0 Å². The number of carbonyl (C=O) groups is 2. The third-order valence-corrected chi connectivity index (χ3v) is 5.69. The van der Waals surface area contributed by atoms with Gasteiger partial charge in [0.05, 0.1) is 5.92 Å². The van der Waals surface area contributed by atoms with Crippen LogP contribution in [-0.2, 0) is 4.79 Å². The molecule has 0 aliphatic carbocycles. The van der Waals surface area contributed by atoms with Crippen molar-refractivity contribution in [3.63, 3.8) is 0 Å². The van der Waals surface area contributed by atoms with Crippen molar-refractivity contribution in [1.29, 1.82) is 0 Å². The smallest absolute Gasteiger partial charge is 0.407 e. The number of hydrogen-bond acceptors (Lipinski definition) is 3. The Bertz CT molecular complexity index is 1040. The van der Waals surface area contributed by atoms with Gasteiger partial charge in [0.1, 0.15) is 0 Å². The van der Waals surface area contributed by atoms with Gasteiger partial charge in [0.25, 0.3) is 0 Å². The van der Waals surface area contributed by atoms with Gasteiger partial charge in [-0.2, -0.15) is 0 Å². The number of pyridine rings is 1. The first kappa shape index (κ1) is 19.6. The summed E-state index contributed by atoms with van der Waals surface area (Å²) in [5.41, 5.74) is 3.69. The molecule has 2 aromatic carbocycles. The predicted octanol–water partition coefficient (Wildman–Crippen LogP) is 4.11. The van der Waals surface area contributed by atoms with Crippen molar-refractivity contribution in [3.05, 3.63) is 84.7 Å².